The van der Waals surface area contributed by atoms with Gasteiger partial charge in [0.25, 0.3) is 0 Å². The first-order chi connectivity index (χ1) is 41.8. The van der Waals surface area contributed by atoms with Gasteiger partial charge in [-0.3, -0.25) is 15.0 Å². The van der Waals surface area contributed by atoms with Crippen LogP contribution in [0.3, 0.4) is 0 Å². The molecule has 24 nitrogen and oxygen atoms in total. The first-order valence-electron chi connectivity index (χ1n) is 26.6. The van der Waals surface area contributed by atoms with Crippen molar-refractivity contribution >= 4 is 101 Å². The van der Waals surface area contributed by atoms with Crippen molar-refractivity contribution in [2.45, 2.75) is 59.7 Å². The van der Waals surface area contributed by atoms with Crippen molar-refractivity contribution in [3.8, 4) is 56.9 Å². The van der Waals surface area contributed by atoms with Gasteiger partial charge in [0.15, 0.2) is 21.9 Å². The molecule has 436 valence electrons. The van der Waals surface area contributed by atoms with E-state index in [2.05, 4.69) is 160 Å². The summed E-state index contributed by atoms with van der Waals surface area (Å²) >= 11 is 6.25. The molecule has 0 spiro atoms. The summed E-state index contributed by atoms with van der Waals surface area (Å²) in [7, 11) is -0.316. The second-order valence-electron chi connectivity index (χ2n) is 20.4. The number of pyridine rings is 3. The summed E-state index contributed by atoms with van der Waals surface area (Å²) in [5.74, 6) is 2.34. The van der Waals surface area contributed by atoms with Crippen LogP contribution in [0.1, 0.15) is 44.4 Å². The Morgan fingerprint density at radius 3 is 1.23 bits per heavy atom. The minimum Gasteiger partial charge on any atom is -0.463 e. The highest BCUT2D eigenvalue weighted by Crippen LogP contribution is 2.38. The van der Waals surface area contributed by atoms with Crippen molar-refractivity contribution in [2.75, 3.05) is 22.9 Å². The zero-order valence-electron chi connectivity index (χ0n) is 47.8. The number of benzene rings is 3. The normalized spacial score (nSPS) is 12.9. The number of anilines is 4. The summed E-state index contributed by atoms with van der Waals surface area (Å²) in [4.78, 5) is 29.5. The van der Waals surface area contributed by atoms with Gasteiger partial charge in [-0.25, -0.2) is 19.9 Å². The van der Waals surface area contributed by atoms with E-state index in [0.717, 1.165) is 66.0 Å². The van der Waals surface area contributed by atoms with Crippen molar-refractivity contribution in [2.24, 2.45) is 0 Å². The quantitative estimate of drug-likeness (QED) is 0.112. The third-order valence-electron chi connectivity index (χ3n) is 13.7. The Hall–Kier alpha value is -10.1. The van der Waals surface area contributed by atoms with Crippen molar-refractivity contribution in [1.82, 2.24) is 75.7 Å². The number of hydrogen-bond acceptors (Lipinski definition) is 24. The van der Waals surface area contributed by atoms with Gasteiger partial charge in [0.05, 0.1) is 52.7 Å². The van der Waals surface area contributed by atoms with Crippen LogP contribution in [0.15, 0.2) is 175 Å². The Morgan fingerprint density at radius 2 is 0.816 bits per heavy atom. The Labute approximate surface area is 514 Å². The number of nitrogens with two attached hydrogens (primary N) is 4. The van der Waals surface area contributed by atoms with Crippen LogP contribution in [-0.2, 0) is 9.31 Å². The van der Waals surface area contributed by atoms with Crippen LogP contribution in [0.5, 0.6) is 0 Å². The van der Waals surface area contributed by atoms with Crippen molar-refractivity contribution in [1.29, 1.82) is 0 Å². The molecule has 1 fully saturated rings. The average Bonchev–Trinajstić information content (AvgIpc) is 3.56. The molecule has 10 aromatic heterocycles. The SMILES string of the molecule is Cc1cc(-c2nnc(N)nc2-c2ccco2)cc2cccnc12.Cc1cc(-c2nnc(N)nc2-c2ccco2)cc2cccnc12.Cc1cc(B2OC(C)(C)C(C)(C)O2)cc2cccnc12.Nc1ncc(Br)nn1.Nc1nnc(Br)c(-c2ccco2)n1. The number of nitrogen functional groups attached to an aromatic ring is 4. The molecule has 1 aliphatic rings. The molecule has 3 aromatic carbocycles. The molecular formula is C60H54BBr2N19O5. The monoisotopic (exact) mass is 1290 g/mol. The number of hydrogen-bond donors (Lipinski definition) is 4. The highest BCUT2D eigenvalue weighted by atomic mass is 79.9. The lowest BCUT2D eigenvalue weighted by Gasteiger charge is -2.32. The molecule has 0 amide bonds. The van der Waals surface area contributed by atoms with E-state index in [1.54, 1.807) is 55.4 Å². The molecule has 0 radical (unpaired) electrons. The third kappa shape index (κ3) is 14.0. The number of aromatic nitrogens is 15. The maximum absolute atomic E-state index is 6.11. The molecule has 1 saturated heterocycles. The lowest BCUT2D eigenvalue weighted by Crippen LogP contribution is -2.41. The minimum atomic E-state index is -0.316. The van der Waals surface area contributed by atoms with Crippen LogP contribution in [0.4, 0.5) is 23.8 Å². The Morgan fingerprint density at radius 1 is 0.414 bits per heavy atom. The largest absolute Gasteiger partial charge is 0.494 e. The summed E-state index contributed by atoms with van der Waals surface area (Å²) in [6.07, 6.45) is 11.6. The zero-order valence-corrected chi connectivity index (χ0v) is 51.0. The molecule has 8 N–H and O–H groups in total. The van der Waals surface area contributed by atoms with Crippen LogP contribution >= 0.6 is 31.9 Å². The smallest absolute Gasteiger partial charge is 0.463 e. The number of furan rings is 3. The van der Waals surface area contributed by atoms with Gasteiger partial charge in [-0.2, -0.15) is 0 Å². The summed E-state index contributed by atoms with van der Waals surface area (Å²) in [5.41, 5.74) is 33.3. The first kappa shape index (κ1) is 60.1. The van der Waals surface area contributed by atoms with Crippen LogP contribution in [-0.4, -0.2) is 94.0 Å². The fraction of sp³-hybridized carbons (Fsp3) is 0.150. The molecular weight excluding hydrogens is 1240 g/mol. The summed E-state index contributed by atoms with van der Waals surface area (Å²) < 4.78 is 29.4. The van der Waals surface area contributed by atoms with E-state index < -0.39 is 0 Å². The van der Waals surface area contributed by atoms with Gasteiger partial charge in [0.1, 0.15) is 33.1 Å². The number of fused-ring (bicyclic) bond motifs is 3. The molecule has 1 aliphatic heterocycles. The number of rotatable bonds is 6. The van der Waals surface area contributed by atoms with E-state index in [-0.39, 0.29) is 42.1 Å². The minimum absolute atomic E-state index is 0.110. The third-order valence-corrected chi connectivity index (χ3v) is 14.6. The van der Waals surface area contributed by atoms with Gasteiger partial charge in [0, 0.05) is 45.9 Å². The molecule has 11 heterocycles. The van der Waals surface area contributed by atoms with Crippen molar-refractivity contribution in [3.05, 3.63) is 179 Å². The van der Waals surface area contributed by atoms with Gasteiger partial charge in [-0.05, 0) is 181 Å². The Balaban J connectivity index is 0.000000125. The molecule has 87 heavy (non-hydrogen) atoms. The van der Waals surface area contributed by atoms with Gasteiger partial charge in [-0.15, -0.1) is 40.8 Å². The van der Waals surface area contributed by atoms with E-state index in [1.807, 2.05) is 86.8 Å². The van der Waals surface area contributed by atoms with Crippen LogP contribution in [0, 0.1) is 20.8 Å². The molecule has 0 atom stereocenters. The molecule has 0 unspecified atom stereocenters. The summed E-state index contributed by atoms with van der Waals surface area (Å²) in [6.45, 7) is 14.4. The lowest BCUT2D eigenvalue weighted by molar-refractivity contribution is 0.00578. The fourth-order valence-electron chi connectivity index (χ4n) is 8.94. The summed E-state index contributed by atoms with van der Waals surface area (Å²) in [6, 6.07) is 34.9. The van der Waals surface area contributed by atoms with Crippen molar-refractivity contribution in [3.63, 3.8) is 0 Å². The number of nitrogens with zero attached hydrogens (tertiary/aromatic N) is 15. The standard InChI is InChI=1S/2C17H13N5O.C16H20BNO2.C7H5BrN4O.C3H3BrN4/c2*1-10-8-12(9-11-4-2-6-19-14(10)11)15-16(13-5-3-7-23-13)20-17(18)22-21-15;1-11-9-13(10-12-7-6-8-18-14(11)12)17-19-15(2,3)16(4,5)20-17;8-6-5(4-2-1-3-13-4)10-7(9)12-11-6;4-2-1-6-3(5)8-7-2/h2*2-9H,1H3,(H2,18,20,22);6-10H,1-5H3;1-3H,(H2,9,10,12);1H,(H2,5,6,8). The lowest BCUT2D eigenvalue weighted by atomic mass is 9.77. The first-order valence-corrected chi connectivity index (χ1v) is 28.2. The highest BCUT2D eigenvalue weighted by molar-refractivity contribution is 9.10. The predicted molar refractivity (Wildman–Crippen MR) is 339 cm³/mol. The van der Waals surface area contributed by atoms with Gasteiger partial charge < -0.3 is 45.5 Å². The Kier molecular flexibility index (Phi) is 18.0. The van der Waals surface area contributed by atoms with E-state index in [0.29, 0.717) is 55.0 Å². The van der Waals surface area contributed by atoms with Crippen LogP contribution in [0.25, 0.3) is 89.6 Å². The molecule has 27 heteroatoms. The zero-order chi connectivity index (χ0) is 61.4. The topological polar surface area (TPSA) is 355 Å². The second kappa shape index (κ2) is 26.0. The molecule has 0 aliphatic carbocycles. The average molecular weight is 1290 g/mol. The van der Waals surface area contributed by atoms with E-state index in [9.17, 15) is 0 Å². The number of halogens is 2. The predicted octanol–water partition coefficient (Wildman–Crippen LogP) is 11.0. The second-order valence-corrected chi connectivity index (χ2v) is 21.9. The number of aryl methyl sites for hydroxylation is 3. The van der Waals surface area contributed by atoms with Gasteiger partial charge in [0.2, 0.25) is 23.8 Å². The van der Waals surface area contributed by atoms with Crippen LogP contribution < -0.4 is 28.4 Å². The highest BCUT2D eigenvalue weighted by Gasteiger charge is 2.51. The fourth-order valence-corrected chi connectivity index (χ4v) is 9.49. The molecule has 14 rings (SSSR count). The van der Waals surface area contributed by atoms with E-state index in [1.165, 1.54) is 6.20 Å². The van der Waals surface area contributed by atoms with Gasteiger partial charge >= 0.3 is 7.12 Å². The maximum atomic E-state index is 6.11. The van der Waals surface area contributed by atoms with E-state index >= 15 is 0 Å². The van der Waals surface area contributed by atoms with Crippen molar-refractivity contribution < 1.29 is 22.6 Å². The molecule has 0 saturated carbocycles. The molecule has 0 bridgehead atoms. The summed E-state index contributed by atoms with van der Waals surface area (Å²) in [5, 5.41) is 33.8. The maximum Gasteiger partial charge on any atom is 0.494 e. The van der Waals surface area contributed by atoms with Crippen LogP contribution in [0.2, 0.25) is 0 Å². The molecule has 13 aromatic rings. The van der Waals surface area contributed by atoms with E-state index in [4.69, 9.17) is 45.5 Å². The Bertz CT molecular complexity index is 4310. The van der Waals surface area contributed by atoms with Gasteiger partial charge in [-0.1, -0.05) is 30.3 Å².